The van der Waals surface area contributed by atoms with Crippen molar-refractivity contribution < 1.29 is 24.2 Å². The Morgan fingerprint density at radius 3 is 1.60 bits per heavy atom. The zero-order chi connectivity index (χ0) is 32.1. The van der Waals surface area contributed by atoms with Crippen LogP contribution >= 0.6 is 11.8 Å². The van der Waals surface area contributed by atoms with Crippen LogP contribution in [0.25, 0.3) is 0 Å². The Morgan fingerprint density at radius 1 is 0.674 bits per heavy atom. The summed E-state index contributed by atoms with van der Waals surface area (Å²) in [5, 5.41) is 10.8. The summed E-state index contributed by atoms with van der Waals surface area (Å²) in [5.74, 6) is 0.643. The first-order chi connectivity index (χ1) is 20.4. The average molecular weight is 621 g/mol. The van der Waals surface area contributed by atoms with Crippen LogP contribution < -0.4 is 0 Å². The number of unbranched alkanes of at least 4 members (excludes halogenated alkanes) is 14. The highest BCUT2D eigenvalue weighted by molar-refractivity contribution is 7.99. The molecular weight excluding hydrogens is 556 g/mol. The molecule has 0 unspecified atom stereocenters. The Bertz CT molecular complexity index is 913. The zero-order valence-corrected chi connectivity index (χ0v) is 29.6. The number of phenolic OH excluding ortho intramolecular Hbond substituents is 1. The van der Waals surface area contributed by atoms with E-state index in [1.165, 1.54) is 83.5 Å². The van der Waals surface area contributed by atoms with Gasteiger partial charge in [0.15, 0.2) is 0 Å². The van der Waals surface area contributed by atoms with Crippen molar-refractivity contribution in [1.82, 2.24) is 0 Å². The standard InChI is InChI=1S/C37H64O5S/c1-8-9-10-11-12-13-14-15-16-17-18-19-20-21-22-23-33(38)41-24-26-43-27-25-42-35(40)31-28-30(36(2,3)4)29-32(34(31)39)37(5,6)7/h28-29,39H,8-27H2,1-7H3. The second kappa shape index (κ2) is 21.9. The number of ether oxygens (including phenoxy) is 2. The van der Waals surface area contributed by atoms with Crippen LogP contribution in [0.4, 0.5) is 0 Å². The molecule has 248 valence electrons. The second-order valence-corrected chi connectivity index (χ2v) is 15.3. The number of aromatic hydroxyl groups is 1. The Hall–Kier alpha value is -1.69. The molecule has 0 aliphatic carbocycles. The van der Waals surface area contributed by atoms with Crippen molar-refractivity contribution in [1.29, 1.82) is 0 Å². The average Bonchev–Trinajstić information content (AvgIpc) is 2.93. The maximum Gasteiger partial charge on any atom is 0.341 e. The number of esters is 2. The SMILES string of the molecule is CCCCCCCCCCCCCCCCCC(=O)OCCSCCOC(=O)c1cc(C(C)(C)C)cc(C(C)(C)C)c1O. The first-order valence-corrected chi connectivity index (χ1v) is 18.3. The Balaban J connectivity index is 2.09. The van der Waals surface area contributed by atoms with Crippen LogP contribution in [0, 0.1) is 0 Å². The maximum atomic E-state index is 12.8. The first kappa shape index (κ1) is 39.3. The van der Waals surface area contributed by atoms with E-state index in [1.807, 2.05) is 26.8 Å². The number of hydrogen-bond acceptors (Lipinski definition) is 6. The van der Waals surface area contributed by atoms with Gasteiger partial charge < -0.3 is 14.6 Å². The molecular formula is C37H64O5S. The largest absolute Gasteiger partial charge is 0.507 e. The van der Waals surface area contributed by atoms with E-state index >= 15 is 0 Å². The minimum Gasteiger partial charge on any atom is -0.507 e. The highest BCUT2D eigenvalue weighted by Gasteiger charge is 2.27. The summed E-state index contributed by atoms with van der Waals surface area (Å²) < 4.78 is 10.8. The molecule has 0 spiro atoms. The van der Waals surface area contributed by atoms with Gasteiger partial charge in [-0.25, -0.2) is 4.79 Å². The van der Waals surface area contributed by atoms with E-state index in [2.05, 4.69) is 27.7 Å². The van der Waals surface area contributed by atoms with E-state index in [9.17, 15) is 14.7 Å². The third-order valence-corrected chi connectivity index (χ3v) is 8.85. The van der Waals surface area contributed by atoms with Crippen LogP contribution in [-0.2, 0) is 25.1 Å². The topological polar surface area (TPSA) is 72.8 Å². The maximum absolute atomic E-state index is 12.8. The quantitative estimate of drug-likeness (QED) is 0.0969. The minimum absolute atomic E-state index is 0.000787. The lowest BCUT2D eigenvalue weighted by molar-refractivity contribution is -0.143. The van der Waals surface area contributed by atoms with Crippen LogP contribution in [0.1, 0.15) is 173 Å². The van der Waals surface area contributed by atoms with Crippen LogP contribution in [0.5, 0.6) is 5.75 Å². The monoisotopic (exact) mass is 620 g/mol. The number of hydrogen-bond donors (Lipinski definition) is 1. The van der Waals surface area contributed by atoms with Crippen molar-refractivity contribution in [2.75, 3.05) is 24.7 Å². The van der Waals surface area contributed by atoms with Crippen molar-refractivity contribution in [2.45, 2.75) is 162 Å². The van der Waals surface area contributed by atoms with E-state index in [0.29, 0.717) is 24.5 Å². The molecule has 0 aliphatic heterocycles. The highest BCUT2D eigenvalue weighted by atomic mass is 32.2. The van der Waals surface area contributed by atoms with Gasteiger partial charge in [0, 0.05) is 23.5 Å². The molecule has 6 heteroatoms. The van der Waals surface area contributed by atoms with E-state index in [4.69, 9.17) is 9.47 Å². The Kier molecular flexibility index (Phi) is 20.0. The van der Waals surface area contributed by atoms with Gasteiger partial charge in [0.1, 0.15) is 24.5 Å². The van der Waals surface area contributed by atoms with Crippen molar-refractivity contribution in [2.24, 2.45) is 0 Å². The number of thioether (sulfide) groups is 1. The van der Waals surface area contributed by atoms with Gasteiger partial charge in [-0.1, -0.05) is 144 Å². The Labute approximate surface area is 268 Å². The first-order valence-electron chi connectivity index (χ1n) is 17.2. The molecule has 1 aromatic rings. The fourth-order valence-corrected chi connectivity index (χ4v) is 5.70. The van der Waals surface area contributed by atoms with Crippen molar-refractivity contribution in [3.05, 3.63) is 28.8 Å². The summed E-state index contributed by atoms with van der Waals surface area (Å²) in [5.41, 5.74) is 1.48. The lowest BCUT2D eigenvalue weighted by Gasteiger charge is -2.27. The normalized spacial score (nSPS) is 12.0. The highest BCUT2D eigenvalue weighted by Crippen LogP contribution is 2.38. The van der Waals surface area contributed by atoms with Gasteiger partial charge in [-0.15, -0.1) is 0 Å². The summed E-state index contributed by atoms with van der Waals surface area (Å²) in [7, 11) is 0. The molecule has 0 saturated heterocycles. The molecule has 1 rings (SSSR count). The number of carbonyl (C=O) groups is 2. The van der Waals surface area contributed by atoms with Crippen molar-refractivity contribution in [3.8, 4) is 5.75 Å². The summed E-state index contributed by atoms with van der Waals surface area (Å²) in [6.45, 7) is 15.2. The number of rotatable bonds is 23. The van der Waals surface area contributed by atoms with Crippen LogP contribution in [-0.4, -0.2) is 41.8 Å². The third-order valence-electron chi connectivity index (χ3n) is 7.94. The van der Waals surface area contributed by atoms with Gasteiger partial charge in [-0.3, -0.25) is 4.79 Å². The van der Waals surface area contributed by atoms with E-state index in [0.717, 1.165) is 24.0 Å². The molecule has 0 saturated carbocycles. The Morgan fingerprint density at radius 2 is 1.14 bits per heavy atom. The van der Waals surface area contributed by atoms with E-state index in [1.54, 1.807) is 17.8 Å². The fourth-order valence-electron chi connectivity index (χ4n) is 5.10. The molecule has 1 aromatic carbocycles. The number of benzene rings is 1. The molecule has 0 fully saturated rings. The summed E-state index contributed by atoms with van der Waals surface area (Å²) in [4.78, 5) is 24.8. The molecule has 0 bridgehead atoms. The van der Waals surface area contributed by atoms with Gasteiger partial charge in [-0.2, -0.15) is 11.8 Å². The van der Waals surface area contributed by atoms with Crippen LogP contribution in [0.2, 0.25) is 0 Å². The molecule has 1 N–H and O–H groups in total. The molecule has 0 aliphatic rings. The molecule has 0 heterocycles. The summed E-state index contributed by atoms with van der Waals surface area (Å²) in [6, 6.07) is 3.74. The molecule has 0 amide bonds. The van der Waals surface area contributed by atoms with Crippen LogP contribution in [0.3, 0.4) is 0 Å². The predicted molar refractivity (Wildman–Crippen MR) is 184 cm³/mol. The smallest absolute Gasteiger partial charge is 0.341 e. The summed E-state index contributed by atoms with van der Waals surface area (Å²) in [6.07, 6.45) is 20.2. The third kappa shape index (κ3) is 18.0. The zero-order valence-electron chi connectivity index (χ0n) is 28.8. The fraction of sp³-hybridized carbons (Fsp3) is 0.784. The van der Waals surface area contributed by atoms with E-state index < -0.39 is 5.97 Å². The van der Waals surface area contributed by atoms with Gasteiger partial charge in [0.25, 0.3) is 0 Å². The molecule has 5 nitrogen and oxygen atoms in total. The molecule has 0 radical (unpaired) electrons. The van der Waals surface area contributed by atoms with Crippen molar-refractivity contribution >= 4 is 23.7 Å². The molecule has 0 aromatic heterocycles. The summed E-state index contributed by atoms with van der Waals surface area (Å²) >= 11 is 1.58. The second-order valence-electron chi connectivity index (χ2n) is 14.1. The van der Waals surface area contributed by atoms with Crippen molar-refractivity contribution in [3.63, 3.8) is 0 Å². The van der Waals surface area contributed by atoms with Crippen LogP contribution in [0.15, 0.2) is 12.1 Å². The van der Waals surface area contributed by atoms with E-state index in [-0.39, 0.29) is 34.7 Å². The van der Waals surface area contributed by atoms with Gasteiger partial charge in [-0.05, 0) is 28.9 Å². The number of carbonyl (C=O) groups excluding carboxylic acids is 2. The minimum atomic E-state index is -0.510. The predicted octanol–water partition coefficient (Wildman–Crippen LogP) is 10.7. The molecule has 0 atom stereocenters. The number of phenols is 1. The van der Waals surface area contributed by atoms with Gasteiger partial charge in [0.2, 0.25) is 0 Å². The molecule has 43 heavy (non-hydrogen) atoms. The lowest BCUT2D eigenvalue weighted by Crippen LogP contribution is -2.19. The lowest BCUT2D eigenvalue weighted by atomic mass is 9.79. The van der Waals surface area contributed by atoms with Gasteiger partial charge >= 0.3 is 11.9 Å². The van der Waals surface area contributed by atoms with Gasteiger partial charge in [0.05, 0.1) is 0 Å².